The second-order valence-corrected chi connectivity index (χ2v) is 5.89. The maximum Gasteiger partial charge on any atom is 0.146 e. The predicted octanol–water partition coefficient (Wildman–Crippen LogP) is 3.83. The zero-order valence-corrected chi connectivity index (χ0v) is 10.6. The van der Waals surface area contributed by atoms with E-state index in [4.69, 9.17) is 0 Å². The van der Waals surface area contributed by atoms with Gasteiger partial charge in [0, 0.05) is 11.3 Å². The van der Waals surface area contributed by atoms with Crippen LogP contribution in [-0.4, -0.2) is 17.0 Å². The number of aryl methyl sites for hydroxylation is 1. The maximum atomic E-state index is 13.7. The monoisotopic (exact) mass is 239 g/mol. The molecule has 1 heterocycles. The van der Waals surface area contributed by atoms with Crippen LogP contribution in [0.5, 0.6) is 0 Å². The minimum absolute atomic E-state index is 0.136. The fraction of sp³-hybridized carbons (Fsp3) is 0.538. The van der Waals surface area contributed by atoms with Crippen molar-refractivity contribution < 1.29 is 4.39 Å². The highest BCUT2D eigenvalue weighted by Gasteiger charge is 2.22. The fourth-order valence-electron chi connectivity index (χ4n) is 2.11. The molecule has 0 aliphatic carbocycles. The van der Waals surface area contributed by atoms with E-state index in [2.05, 4.69) is 12.2 Å². The Morgan fingerprint density at radius 2 is 2.25 bits per heavy atom. The van der Waals surface area contributed by atoms with Gasteiger partial charge in [0.15, 0.2) is 0 Å². The molecule has 1 fully saturated rings. The molecule has 16 heavy (non-hydrogen) atoms. The van der Waals surface area contributed by atoms with E-state index in [0.717, 1.165) is 12.0 Å². The second-order valence-electron chi connectivity index (χ2n) is 4.40. The molecule has 1 N–H and O–H groups in total. The van der Waals surface area contributed by atoms with E-state index in [9.17, 15) is 4.39 Å². The summed E-state index contributed by atoms with van der Waals surface area (Å²) in [5, 5.41) is 3.93. The summed E-state index contributed by atoms with van der Waals surface area (Å²) in [7, 11) is 0. The molecule has 88 valence electrons. The first kappa shape index (κ1) is 11.8. The van der Waals surface area contributed by atoms with Crippen molar-refractivity contribution >= 4 is 17.4 Å². The van der Waals surface area contributed by atoms with Crippen LogP contribution >= 0.6 is 11.8 Å². The van der Waals surface area contributed by atoms with Crippen molar-refractivity contribution in [1.82, 2.24) is 0 Å². The largest absolute Gasteiger partial charge is 0.379 e. The van der Waals surface area contributed by atoms with Gasteiger partial charge in [-0.3, -0.25) is 0 Å². The fourth-order valence-corrected chi connectivity index (χ4v) is 3.25. The third-order valence-electron chi connectivity index (χ3n) is 3.16. The third-order valence-corrected chi connectivity index (χ3v) is 4.54. The van der Waals surface area contributed by atoms with Gasteiger partial charge in [-0.25, -0.2) is 4.39 Å². The number of nitrogens with one attached hydrogen (secondary N) is 1. The van der Waals surface area contributed by atoms with E-state index < -0.39 is 0 Å². The van der Waals surface area contributed by atoms with Gasteiger partial charge in [0.2, 0.25) is 0 Å². The van der Waals surface area contributed by atoms with Crippen LogP contribution in [-0.2, 0) is 0 Å². The van der Waals surface area contributed by atoms with E-state index >= 15 is 0 Å². The van der Waals surface area contributed by atoms with Crippen LogP contribution < -0.4 is 5.32 Å². The lowest BCUT2D eigenvalue weighted by Crippen LogP contribution is -2.33. The second kappa shape index (κ2) is 5.09. The standard InChI is InChI=1S/C13H18FNS/c1-9-5-3-6-11(14)13(9)15-12-7-4-8-16-10(12)2/h3,5-6,10,12,15H,4,7-8H2,1-2H3. The molecule has 0 bridgehead atoms. The van der Waals surface area contributed by atoms with Crippen molar-refractivity contribution in [1.29, 1.82) is 0 Å². The lowest BCUT2D eigenvalue weighted by molar-refractivity contribution is 0.595. The lowest BCUT2D eigenvalue weighted by atomic mass is 10.1. The molecule has 1 aromatic rings. The Morgan fingerprint density at radius 1 is 1.44 bits per heavy atom. The average molecular weight is 239 g/mol. The van der Waals surface area contributed by atoms with Gasteiger partial charge in [-0.05, 0) is 37.1 Å². The molecule has 0 aromatic heterocycles. The van der Waals surface area contributed by atoms with Gasteiger partial charge in [-0.2, -0.15) is 11.8 Å². The molecule has 0 saturated carbocycles. The Labute approximate surface area is 101 Å². The van der Waals surface area contributed by atoms with E-state index in [1.807, 2.05) is 24.8 Å². The van der Waals surface area contributed by atoms with E-state index in [-0.39, 0.29) is 5.82 Å². The van der Waals surface area contributed by atoms with Crippen molar-refractivity contribution in [3.8, 4) is 0 Å². The summed E-state index contributed by atoms with van der Waals surface area (Å²) in [6.45, 7) is 4.17. The molecule has 2 atom stereocenters. The highest BCUT2D eigenvalue weighted by atomic mass is 32.2. The molecule has 1 aliphatic rings. The Morgan fingerprint density at radius 3 is 2.94 bits per heavy atom. The summed E-state index contributed by atoms with van der Waals surface area (Å²) in [4.78, 5) is 0. The molecule has 1 nitrogen and oxygen atoms in total. The third kappa shape index (κ3) is 2.51. The van der Waals surface area contributed by atoms with Crippen LogP contribution in [0, 0.1) is 12.7 Å². The molecule has 1 aromatic carbocycles. The summed E-state index contributed by atoms with van der Waals surface area (Å²) in [6, 6.07) is 5.63. The molecule has 1 aliphatic heterocycles. The molecule has 0 amide bonds. The van der Waals surface area contributed by atoms with Gasteiger partial charge in [0.05, 0.1) is 5.69 Å². The smallest absolute Gasteiger partial charge is 0.146 e. The minimum Gasteiger partial charge on any atom is -0.379 e. The van der Waals surface area contributed by atoms with Gasteiger partial charge in [0.1, 0.15) is 5.82 Å². The molecule has 3 heteroatoms. The molecule has 0 radical (unpaired) electrons. The number of rotatable bonds is 2. The molecule has 1 saturated heterocycles. The summed E-state index contributed by atoms with van der Waals surface area (Å²) >= 11 is 1.97. The zero-order chi connectivity index (χ0) is 11.5. The number of hydrogen-bond acceptors (Lipinski definition) is 2. The number of para-hydroxylation sites is 1. The number of anilines is 1. The average Bonchev–Trinajstić information content (AvgIpc) is 2.26. The SMILES string of the molecule is Cc1cccc(F)c1NC1CCCSC1C. The van der Waals surface area contributed by atoms with Crippen LogP contribution in [0.25, 0.3) is 0 Å². The lowest BCUT2D eigenvalue weighted by Gasteiger charge is -2.30. The Bertz CT molecular complexity index is 347. The summed E-state index contributed by atoms with van der Waals surface area (Å²) in [5.74, 6) is 1.10. The first-order valence-corrected chi connectivity index (χ1v) is 6.86. The quantitative estimate of drug-likeness (QED) is 0.841. The molecule has 0 spiro atoms. The van der Waals surface area contributed by atoms with Crippen LogP contribution in [0.4, 0.5) is 10.1 Å². The van der Waals surface area contributed by atoms with Crippen LogP contribution in [0.3, 0.4) is 0 Å². The van der Waals surface area contributed by atoms with Crippen molar-refractivity contribution in [3.63, 3.8) is 0 Å². The summed E-state index contributed by atoms with van der Waals surface area (Å²) in [6.07, 6.45) is 2.36. The highest BCUT2D eigenvalue weighted by molar-refractivity contribution is 8.00. The predicted molar refractivity (Wildman–Crippen MR) is 69.7 cm³/mol. The number of halogens is 1. The number of thioether (sulfide) groups is 1. The number of benzene rings is 1. The molecule has 2 rings (SSSR count). The normalized spacial score (nSPS) is 25.4. The van der Waals surface area contributed by atoms with E-state index in [0.29, 0.717) is 17.0 Å². The minimum atomic E-state index is -0.136. The van der Waals surface area contributed by atoms with Crippen LogP contribution in [0.2, 0.25) is 0 Å². The van der Waals surface area contributed by atoms with Gasteiger partial charge < -0.3 is 5.32 Å². The van der Waals surface area contributed by atoms with Crippen molar-refractivity contribution in [2.45, 2.75) is 38.0 Å². The van der Waals surface area contributed by atoms with Crippen molar-refractivity contribution in [3.05, 3.63) is 29.6 Å². The van der Waals surface area contributed by atoms with Crippen LogP contribution in [0.15, 0.2) is 18.2 Å². The van der Waals surface area contributed by atoms with Gasteiger partial charge in [-0.1, -0.05) is 19.1 Å². The first-order valence-electron chi connectivity index (χ1n) is 5.81. The van der Waals surface area contributed by atoms with Crippen molar-refractivity contribution in [2.75, 3.05) is 11.1 Å². The Balaban J connectivity index is 2.13. The number of hydrogen-bond donors (Lipinski definition) is 1. The van der Waals surface area contributed by atoms with Gasteiger partial charge >= 0.3 is 0 Å². The first-order chi connectivity index (χ1) is 7.68. The molecular weight excluding hydrogens is 221 g/mol. The zero-order valence-electron chi connectivity index (χ0n) is 9.79. The van der Waals surface area contributed by atoms with Crippen LogP contribution in [0.1, 0.15) is 25.3 Å². The maximum absolute atomic E-state index is 13.7. The van der Waals surface area contributed by atoms with Crippen molar-refractivity contribution in [2.24, 2.45) is 0 Å². The van der Waals surface area contributed by atoms with Gasteiger partial charge in [-0.15, -0.1) is 0 Å². The molecule has 2 unspecified atom stereocenters. The topological polar surface area (TPSA) is 12.0 Å². The Kier molecular flexibility index (Phi) is 3.74. The highest BCUT2D eigenvalue weighted by Crippen LogP contribution is 2.29. The molecular formula is C13H18FNS. The van der Waals surface area contributed by atoms with E-state index in [1.165, 1.54) is 18.2 Å². The Hall–Kier alpha value is -0.700. The van der Waals surface area contributed by atoms with E-state index in [1.54, 1.807) is 6.07 Å². The summed E-state index contributed by atoms with van der Waals surface area (Å²) in [5.41, 5.74) is 1.67. The van der Waals surface area contributed by atoms with Gasteiger partial charge in [0.25, 0.3) is 0 Å². The summed E-state index contributed by atoms with van der Waals surface area (Å²) < 4.78 is 13.7.